The first kappa shape index (κ1) is 11.4. The van der Waals surface area contributed by atoms with Crippen molar-refractivity contribution in [2.45, 2.75) is 0 Å². The highest BCUT2D eigenvalue weighted by atomic mass is 16.5. The minimum Gasteiger partial charge on any atom is -0.464 e. The van der Waals surface area contributed by atoms with Crippen LogP contribution in [-0.4, -0.2) is 43.3 Å². The van der Waals surface area contributed by atoms with Crippen LogP contribution in [0.25, 0.3) is 0 Å². The van der Waals surface area contributed by atoms with E-state index < -0.39 is 5.97 Å². The molecule has 15 heavy (non-hydrogen) atoms. The summed E-state index contributed by atoms with van der Waals surface area (Å²) in [5.74, 6) is 0.0211. The average molecular weight is 211 g/mol. The first-order valence-corrected chi connectivity index (χ1v) is 4.41. The van der Waals surface area contributed by atoms with Crippen molar-refractivity contribution in [3.05, 3.63) is 18.1 Å². The van der Waals surface area contributed by atoms with E-state index >= 15 is 0 Å². The Labute approximate surface area is 87.6 Å². The summed E-state index contributed by atoms with van der Waals surface area (Å²) in [6.07, 6.45) is 2.88. The highest BCUT2D eigenvalue weighted by Gasteiger charge is 2.07. The maximum absolute atomic E-state index is 11.1. The lowest BCUT2D eigenvalue weighted by Crippen LogP contribution is -2.11. The van der Waals surface area contributed by atoms with Gasteiger partial charge < -0.3 is 14.8 Å². The second-order valence-corrected chi connectivity index (χ2v) is 2.70. The van der Waals surface area contributed by atoms with Crippen molar-refractivity contribution in [3.8, 4) is 0 Å². The fourth-order valence-electron chi connectivity index (χ4n) is 0.935. The summed E-state index contributed by atoms with van der Waals surface area (Å²) >= 11 is 0. The van der Waals surface area contributed by atoms with Gasteiger partial charge >= 0.3 is 5.97 Å². The van der Waals surface area contributed by atoms with Crippen molar-refractivity contribution in [2.75, 3.05) is 32.7 Å². The third kappa shape index (κ3) is 3.51. The first-order chi connectivity index (χ1) is 7.27. The molecule has 0 unspecified atom stereocenters. The zero-order chi connectivity index (χ0) is 11.1. The zero-order valence-electron chi connectivity index (χ0n) is 8.69. The van der Waals surface area contributed by atoms with Crippen LogP contribution in [0.5, 0.6) is 0 Å². The smallest absolute Gasteiger partial charge is 0.358 e. The van der Waals surface area contributed by atoms with Crippen LogP contribution in [0.1, 0.15) is 10.5 Å². The van der Waals surface area contributed by atoms with Crippen LogP contribution in [0, 0.1) is 0 Å². The molecule has 1 aromatic rings. The molecule has 0 saturated heterocycles. The number of carbonyl (C=O) groups excluding carboxylic acids is 1. The maximum Gasteiger partial charge on any atom is 0.358 e. The molecule has 0 bridgehead atoms. The molecule has 0 aliphatic heterocycles. The molecule has 1 rings (SSSR count). The number of esters is 1. The van der Waals surface area contributed by atoms with E-state index in [2.05, 4.69) is 20.0 Å². The Balaban J connectivity index is 2.62. The van der Waals surface area contributed by atoms with Gasteiger partial charge in [0.05, 0.1) is 26.1 Å². The Morgan fingerprint density at radius 1 is 1.47 bits per heavy atom. The molecule has 82 valence electrons. The van der Waals surface area contributed by atoms with Crippen molar-refractivity contribution >= 4 is 11.8 Å². The predicted molar refractivity (Wildman–Crippen MR) is 53.7 cm³/mol. The monoisotopic (exact) mass is 211 g/mol. The van der Waals surface area contributed by atoms with Gasteiger partial charge in [0, 0.05) is 13.7 Å². The summed E-state index contributed by atoms with van der Waals surface area (Å²) in [6, 6.07) is 0. The summed E-state index contributed by atoms with van der Waals surface area (Å²) in [6.45, 7) is 1.17. The van der Waals surface area contributed by atoms with Gasteiger partial charge in [0.15, 0.2) is 5.69 Å². The fourth-order valence-corrected chi connectivity index (χ4v) is 0.935. The molecule has 1 heterocycles. The van der Waals surface area contributed by atoms with Crippen molar-refractivity contribution in [1.82, 2.24) is 9.97 Å². The molecule has 0 atom stereocenters. The highest BCUT2D eigenvalue weighted by molar-refractivity contribution is 5.87. The first-order valence-electron chi connectivity index (χ1n) is 4.41. The highest BCUT2D eigenvalue weighted by Crippen LogP contribution is 2.02. The molecule has 0 aliphatic rings. The number of aromatic nitrogens is 2. The van der Waals surface area contributed by atoms with Gasteiger partial charge in [-0.2, -0.15) is 0 Å². The molecule has 1 aromatic heterocycles. The molecule has 0 fully saturated rings. The average Bonchev–Trinajstić information content (AvgIpc) is 2.29. The third-order valence-corrected chi connectivity index (χ3v) is 1.64. The lowest BCUT2D eigenvalue weighted by molar-refractivity contribution is 0.0593. The number of hydrogen-bond acceptors (Lipinski definition) is 6. The molecular formula is C9H13N3O3. The minimum atomic E-state index is -0.502. The summed E-state index contributed by atoms with van der Waals surface area (Å²) in [4.78, 5) is 19.0. The van der Waals surface area contributed by atoms with Crippen LogP contribution >= 0.6 is 0 Å². The van der Waals surface area contributed by atoms with Crippen LogP contribution in [0.3, 0.4) is 0 Å². The van der Waals surface area contributed by atoms with E-state index in [9.17, 15) is 4.79 Å². The van der Waals surface area contributed by atoms with Crippen LogP contribution in [-0.2, 0) is 9.47 Å². The number of carbonyl (C=O) groups is 1. The number of ether oxygens (including phenoxy) is 2. The molecular weight excluding hydrogens is 198 g/mol. The molecule has 0 spiro atoms. The van der Waals surface area contributed by atoms with E-state index in [1.807, 2.05) is 0 Å². The van der Waals surface area contributed by atoms with Crippen LogP contribution in [0.15, 0.2) is 12.4 Å². The van der Waals surface area contributed by atoms with Gasteiger partial charge in [-0.25, -0.2) is 9.78 Å². The van der Waals surface area contributed by atoms with E-state index in [1.54, 1.807) is 7.11 Å². The van der Waals surface area contributed by atoms with Crippen molar-refractivity contribution < 1.29 is 14.3 Å². The summed E-state index contributed by atoms with van der Waals surface area (Å²) in [5.41, 5.74) is 0.180. The number of nitrogens with zero attached hydrogens (tertiary/aromatic N) is 2. The van der Waals surface area contributed by atoms with E-state index in [0.29, 0.717) is 19.0 Å². The topological polar surface area (TPSA) is 73.3 Å². The van der Waals surface area contributed by atoms with E-state index in [0.717, 1.165) is 0 Å². The number of rotatable bonds is 5. The second-order valence-electron chi connectivity index (χ2n) is 2.70. The SMILES string of the molecule is COCCNc1cncc(C(=O)OC)n1. The summed E-state index contributed by atoms with van der Waals surface area (Å²) in [5, 5.41) is 2.96. The molecule has 0 amide bonds. The molecule has 0 saturated carbocycles. The van der Waals surface area contributed by atoms with E-state index in [1.165, 1.54) is 19.5 Å². The largest absolute Gasteiger partial charge is 0.464 e. The predicted octanol–water partition coefficient (Wildman–Crippen LogP) is 0.321. The Kier molecular flexibility index (Phi) is 4.49. The Morgan fingerprint density at radius 2 is 2.27 bits per heavy atom. The second kappa shape index (κ2) is 5.92. The molecule has 0 aliphatic carbocycles. The Hall–Kier alpha value is -1.69. The molecule has 0 radical (unpaired) electrons. The van der Waals surface area contributed by atoms with Crippen molar-refractivity contribution in [1.29, 1.82) is 0 Å². The molecule has 1 N–H and O–H groups in total. The minimum absolute atomic E-state index is 0.180. The number of methoxy groups -OCH3 is 2. The van der Waals surface area contributed by atoms with Gasteiger partial charge in [0.2, 0.25) is 0 Å². The van der Waals surface area contributed by atoms with Gasteiger partial charge in [-0.15, -0.1) is 0 Å². The lowest BCUT2D eigenvalue weighted by Gasteiger charge is -2.04. The van der Waals surface area contributed by atoms with E-state index in [-0.39, 0.29) is 5.69 Å². The number of hydrogen-bond donors (Lipinski definition) is 1. The number of nitrogens with one attached hydrogen (secondary N) is 1. The zero-order valence-corrected chi connectivity index (χ0v) is 8.69. The lowest BCUT2D eigenvalue weighted by atomic mass is 10.4. The Bertz CT molecular complexity index is 330. The van der Waals surface area contributed by atoms with E-state index in [4.69, 9.17) is 4.74 Å². The van der Waals surface area contributed by atoms with Crippen LogP contribution < -0.4 is 5.32 Å². The van der Waals surface area contributed by atoms with Gasteiger partial charge in [0.25, 0.3) is 0 Å². The quantitative estimate of drug-likeness (QED) is 0.558. The molecule has 6 heteroatoms. The van der Waals surface area contributed by atoms with Crippen LogP contribution in [0.2, 0.25) is 0 Å². The van der Waals surface area contributed by atoms with Crippen molar-refractivity contribution in [3.63, 3.8) is 0 Å². The van der Waals surface area contributed by atoms with Gasteiger partial charge in [-0.3, -0.25) is 4.98 Å². The third-order valence-electron chi connectivity index (χ3n) is 1.64. The van der Waals surface area contributed by atoms with Gasteiger partial charge in [-0.1, -0.05) is 0 Å². The maximum atomic E-state index is 11.1. The molecule has 0 aromatic carbocycles. The van der Waals surface area contributed by atoms with Gasteiger partial charge in [0.1, 0.15) is 5.82 Å². The van der Waals surface area contributed by atoms with Gasteiger partial charge in [-0.05, 0) is 0 Å². The normalized spacial score (nSPS) is 9.73. The molecule has 6 nitrogen and oxygen atoms in total. The summed E-state index contributed by atoms with van der Waals surface area (Å²) < 4.78 is 9.38. The van der Waals surface area contributed by atoms with Crippen LogP contribution in [0.4, 0.5) is 5.82 Å². The Morgan fingerprint density at radius 3 is 2.93 bits per heavy atom. The summed E-state index contributed by atoms with van der Waals surface area (Å²) in [7, 11) is 2.91. The number of anilines is 1. The fraction of sp³-hybridized carbons (Fsp3) is 0.444. The standard InChI is InChI=1S/C9H13N3O3/c1-14-4-3-11-8-6-10-5-7(12-8)9(13)15-2/h5-6H,3-4H2,1-2H3,(H,11,12). The van der Waals surface area contributed by atoms with Crippen molar-refractivity contribution in [2.24, 2.45) is 0 Å².